The molecule has 1 aromatic carbocycles. The first kappa shape index (κ1) is 14.9. The van der Waals surface area contributed by atoms with Crippen molar-refractivity contribution in [1.82, 2.24) is 4.90 Å². The monoisotopic (exact) mass is 295 g/mol. The molecule has 20 heavy (non-hydrogen) atoms. The van der Waals surface area contributed by atoms with Crippen molar-refractivity contribution in [1.29, 1.82) is 0 Å². The second kappa shape index (κ2) is 5.85. The summed E-state index contributed by atoms with van der Waals surface area (Å²) in [5.41, 5.74) is -1.07. The molecule has 5 nitrogen and oxygen atoms in total. The molecule has 0 unspecified atom stereocenters. The highest BCUT2D eigenvalue weighted by Crippen LogP contribution is 2.26. The third-order valence-corrected chi connectivity index (χ3v) is 4.41. The fraction of sp³-hybridized carbons (Fsp3) is 0.429. The number of carbonyl (C=O) groups excluding carboxylic acids is 1. The van der Waals surface area contributed by atoms with Gasteiger partial charge in [0.25, 0.3) is 5.91 Å². The number of carboxylic acid groups (broad SMARTS) is 1. The van der Waals surface area contributed by atoms with Gasteiger partial charge in [0.2, 0.25) is 0 Å². The molecule has 0 atom stereocenters. The molecule has 1 heterocycles. The molecule has 1 fully saturated rings. The Morgan fingerprint density at radius 1 is 1.25 bits per heavy atom. The highest BCUT2D eigenvalue weighted by molar-refractivity contribution is 7.98. The summed E-state index contributed by atoms with van der Waals surface area (Å²) in [6, 6.07) is 7.34. The van der Waals surface area contributed by atoms with E-state index in [9.17, 15) is 14.7 Å². The van der Waals surface area contributed by atoms with Gasteiger partial charge in [0.1, 0.15) is 0 Å². The lowest BCUT2D eigenvalue weighted by molar-refractivity contribution is -0.162. The highest BCUT2D eigenvalue weighted by atomic mass is 32.2. The summed E-state index contributed by atoms with van der Waals surface area (Å²) in [6.45, 7) is 0.509. The number of aliphatic hydroxyl groups is 1. The quantitative estimate of drug-likeness (QED) is 0.826. The molecule has 0 bridgehead atoms. The molecule has 1 aromatic rings. The van der Waals surface area contributed by atoms with E-state index < -0.39 is 11.6 Å². The molecule has 1 aliphatic rings. The molecule has 1 saturated heterocycles. The van der Waals surface area contributed by atoms with E-state index in [-0.39, 0.29) is 31.8 Å². The number of likely N-dealkylation sites (tertiary alicyclic amines) is 1. The molecule has 0 aliphatic carbocycles. The number of rotatable bonds is 3. The number of carbonyl (C=O) groups is 2. The van der Waals surface area contributed by atoms with E-state index >= 15 is 0 Å². The summed E-state index contributed by atoms with van der Waals surface area (Å²) in [6.07, 6.45) is 2.04. The van der Waals surface area contributed by atoms with Gasteiger partial charge in [-0.25, -0.2) is 4.79 Å². The van der Waals surface area contributed by atoms with Gasteiger partial charge in [0, 0.05) is 30.8 Å². The molecule has 2 rings (SSSR count). The average molecular weight is 295 g/mol. The minimum atomic E-state index is -1.70. The van der Waals surface area contributed by atoms with Gasteiger partial charge in [-0.3, -0.25) is 4.79 Å². The molecule has 0 saturated carbocycles. The fourth-order valence-corrected chi connectivity index (χ4v) is 2.88. The van der Waals surface area contributed by atoms with E-state index in [1.165, 1.54) is 11.8 Å². The van der Waals surface area contributed by atoms with Crippen LogP contribution in [0.5, 0.6) is 0 Å². The van der Waals surface area contributed by atoms with Crippen LogP contribution in [0, 0.1) is 0 Å². The Bertz CT molecular complexity index is 524. The van der Waals surface area contributed by atoms with Crippen LogP contribution < -0.4 is 0 Å². The maximum absolute atomic E-state index is 12.4. The Kier molecular flexibility index (Phi) is 4.35. The topological polar surface area (TPSA) is 77.8 Å². The predicted molar refractivity (Wildman–Crippen MR) is 75.9 cm³/mol. The van der Waals surface area contributed by atoms with E-state index in [0.717, 1.165) is 4.90 Å². The largest absolute Gasteiger partial charge is 0.479 e. The van der Waals surface area contributed by atoms with Crippen molar-refractivity contribution >= 4 is 23.6 Å². The van der Waals surface area contributed by atoms with Crippen LogP contribution in [0.3, 0.4) is 0 Å². The van der Waals surface area contributed by atoms with Crippen LogP contribution in [0.4, 0.5) is 0 Å². The Hall–Kier alpha value is -1.53. The summed E-state index contributed by atoms with van der Waals surface area (Å²) in [5.74, 6) is -1.32. The van der Waals surface area contributed by atoms with Gasteiger partial charge in [-0.15, -0.1) is 11.8 Å². The van der Waals surface area contributed by atoms with Gasteiger partial charge in [0.05, 0.1) is 5.56 Å². The van der Waals surface area contributed by atoms with Crippen LogP contribution in [0.15, 0.2) is 29.2 Å². The van der Waals surface area contributed by atoms with Crippen molar-refractivity contribution in [2.75, 3.05) is 19.3 Å². The maximum Gasteiger partial charge on any atom is 0.335 e. The first-order valence-corrected chi connectivity index (χ1v) is 7.58. The number of hydrogen-bond donors (Lipinski definition) is 2. The van der Waals surface area contributed by atoms with Crippen LogP contribution in [0.25, 0.3) is 0 Å². The first-order chi connectivity index (χ1) is 9.48. The van der Waals surface area contributed by atoms with Gasteiger partial charge in [-0.1, -0.05) is 12.1 Å². The molecule has 2 N–H and O–H groups in total. The van der Waals surface area contributed by atoms with E-state index in [1.807, 2.05) is 24.5 Å². The summed E-state index contributed by atoms with van der Waals surface area (Å²) in [4.78, 5) is 25.9. The number of amides is 1. The smallest absolute Gasteiger partial charge is 0.335 e. The van der Waals surface area contributed by atoms with Gasteiger partial charge in [0.15, 0.2) is 5.60 Å². The minimum absolute atomic E-state index is 0.0650. The predicted octanol–water partition coefficient (Wildman–Crippen LogP) is 1.46. The molecule has 108 valence electrons. The van der Waals surface area contributed by atoms with E-state index in [4.69, 9.17) is 5.11 Å². The summed E-state index contributed by atoms with van der Waals surface area (Å²) >= 11 is 1.50. The highest BCUT2D eigenvalue weighted by Gasteiger charge is 2.40. The van der Waals surface area contributed by atoms with Crippen LogP contribution in [-0.4, -0.2) is 51.9 Å². The molecule has 0 spiro atoms. The Morgan fingerprint density at radius 3 is 2.40 bits per heavy atom. The summed E-state index contributed by atoms with van der Waals surface area (Å²) in [5, 5.41) is 18.8. The van der Waals surface area contributed by atoms with E-state index in [1.54, 1.807) is 11.0 Å². The molecule has 6 heteroatoms. The van der Waals surface area contributed by atoms with Crippen molar-refractivity contribution < 1.29 is 19.8 Å². The number of benzene rings is 1. The van der Waals surface area contributed by atoms with Gasteiger partial charge >= 0.3 is 5.97 Å². The third kappa shape index (κ3) is 2.81. The number of hydrogen-bond acceptors (Lipinski definition) is 4. The van der Waals surface area contributed by atoms with Gasteiger partial charge in [-0.2, -0.15) is 0 Å². The zero-order chi connectivity index (χ0) is 14.8. The molecular formula is C14H17NO4S. The summed E-state index contributed by atoms with van der Waals surface area (Å²) < 4.78 is 0. The van der Waals surface area contributed by atoms with Crippen LogP contribution in [-0.2, 0) is 4.79 Å². The SMILES string of the molecule is CSc1ccccc1C(=O)N1CCC(O)(C(=O)O)CC1. The number of nitrogens with zero attached hydrogens (tertiary/aromatic N) is 1. The van der Waals surface area contributed by atoms with Gasteiger partial charge < -0.3 is 15.1 Å². The minimum Gasteiger partial charge on any atom is -0.479 e. The van der Waals surface area contributed by atoms with Crippen LogP contribution >= 0.6 is 11.8 Å². The average Bonchev–Trinajstić information content (AvgIpc) is 2.47. The lowest BCUT2D eigenvalue weighted by Gasteiger charge is -2.35. The molecule has 0 radical (unpaired) electrons. The van der Waals surface area contributed by atoms with Crippen molar-refractivity contribution in [3.8, 4) is 0 Å². The second-order valence-electron chi connectivity index (χ2n) is 4.83. The molecule has 0 aromatic heterocycles. The van der Waals surface area contributed by atoms with E-state index in [2.05, 4.69) is 0 Å². The first-order valence-electron chi connectivity index (χ1n) is 6.36. The zero-order valence-electron chi connectivity index (χ0n) is 11.2. The third-order valence-electron chi connectivity index (χ3n) is 3.61. The number of aliphatic carboxylic acids is 1. The van der Waals surface area contributed by atoms with Crippen molar-refractivity contribution in [3.05, 3.63) is 29.8 Å². The Labute approximate surface area is 121 Å². The Balaban J connectivity index is 2.11. The molecule has 1 aliphatic heterocycles. The lowest BCUT2D eigenvalue weighted by Crippen LogP contribution is -2.50. The number of piperidine rings is 1. The number of thioether (sulfide) groups is 1. The lowest BCUT2D eigenvalue weighted by atomic mass is 9.91. The van der Waals surface area contributed by atoms with Crippen molar-refractivity contribution in [2.24, 2.45) is 0 Å². The molecule has 1 amide bonds. The fourth-order valence-electron chi connectivity index (χ4n) is 2.29. The zero-order valence-corrected chi connectivity index (χ0v) is 12.0. The molecular weight excluding hydrogens is 278 g/mol. The maximum atomic E-state index is 12.4. The standard InChI is InChI=1S/C14H17NO4S/c1-20-11-5-3-2-4-10(11)12(16)15-8-6-14(19,7-9-15)13(17)18/h2-5,19H,6-9H2,1H3,(H,17,18). The summed E-state index contributed by atoms with van der Waals surface area (Å²) in [7, 11) is 0. The van der Waals surface area contributed by atoms with Crippen molar-refractivity contribution in [2.45, 2.75) is 23.3 Å². The Morgan fingerprint density at radius 2 is 1.85 bits per heavy atom. The van der Waals surface area contributed by atoms with Gasteiger partial charge in [-0.05, 0) is 18.4 Å². The second-order valence-corrected chi connectivity index (χ2v) is 5.68. The van der Waals surface area contributed by atoms with E-state index in [0.29, 0.717) is 5.56 Å². The van der Waals surface area contributed by atoms with Crippen molar-refractivity contribution in [3.63, 3.8) is 0 Å². The van der Waals surface area contributed by atoms with Crippen LogP contribution in [0.2, 0.25) is 0 Å². The number of carboxylic acids is 1. The normalized spacial score (nSPS) is 17.8. The van der Waals surface area contributed by atoms with Crippen LogP contribution in [0.1, 0.15) is 23.2 Å².